The standard InChI is InChI=1S/C16H16ClN3O3/c17-10-3-1-2-4-13(10)22-14-8-18-16(23-14)15(21)20-12-7-9-5-6-11(12)19-9/h1-4,8-9,11-12,19H,5-7H2,(H,20,21)/t9-,11+,12-/m1/s1. The summed E-state index contributed by atoms with van der Waals surface area (Å²) in [7, 11) is 0. The molecule has 0 unspecified atom stereocenters. The van der Waals surface area contributed by atoms with Gasteiger partial charge in [0.25, 0.3) is 5.89 Å². The number of amides is 1. The number of carbonyl (C=O) groups is 1. The molecule has 7 heteroatoms. The number of nitrogens with one attached hydrogen (secondary N) is 2. The Hall–Kier alpha value is -2.05. The molecule has 0 spiro atoms. The summed E-state index contributed by atoms with van der Waals surface area (Å²) in [5.74, 6) is 0.261. The quantitative estimate of drug-likeness (QED) is 0.899. The van der Waals surface area contributed by atoms with Gasteiger partial charge in [0, 0.05) is 18.1 Å². The summed E-state index contributed by atoms with van der Waals surface area (Å²) < 4.78 is 10.9. The van der Waals surface area contributed by atoms with Gasteiger partial charge in [-0.3, -0.25) is 4.79 Å². The van der Waals surface area contributed by atoms with Gasteiger partial charge in [0.05, 0.1) is 5.02 Å². The minimum absolute atomic E-state index is 0.00479. The number of oxazole rings is 1. The molecule has 0 saturated carbocycles. The van der Waals surface area contributed by atoms with Gasteiger partial charge in [0.1, 0.15) is 11.9 Å². The van der Waals surface area contributed by atoms with Crippen LogP contribution in [0.3, 0.4) is 0 Å². The Labute approximate surface area is 138 Å². The second-order valence-electron chi connectivity index (χ2n) is 5.88. The number of carbonyl (C=O) groups excluding carboxylic acids is 1. The number of hydrogen-bond donors (Lipinski definition) is 2. The first-order chi connectivity index (χ1) is 11.2. The summed E-state index contributed by atoms with van der Waals surface area (Å²) >= 11 is 6.02. The topological polar surface area (TPSA) is 76.4 Å². The van der Waals surface area contributed by atoms with E-state index >= 15 is 0 Å². The maximum absolute atomic E-state index is 12.2. The van der Waals surface area contributed by atoms with Gasteiger partial charge < -0.3 is 19.8 Å². The average Bonchev–Trinajstić information content (AvgIpc) is 3.26. The molecule has 0 radical (unpaired) electrons. The number of aromatic nitrogens is 1. The molecule has 2 N–H and O–H groups in total. The Morgan fingerprint density at radius 2 is 2.26 bits per heavy atom. The van der Waals surface area contributed by atoms with Gasteiger partial charge in [-0.25, -0.2) is 4.98 Å². The van der Waals surface area contributed by atoms with Crippen molar-refractivity contribution in [2.24, 2.45) is 0 Å². The smallest absolute Gasteiger partial charge is 0.311 e. The van der Waals surface area contributed by atoms with Crippen molar-refractivity contribution in [2.75, 3.05) is 0 Å². The van der Waals surface area contributed by atoms with Crippen LogP contribution < -0.4 is 15.4 Å². The Balaban J connectivity index is 1.41. The van der Waals surface area contributed by atoms with Crippen LogP contribution in [0.2, 0.25) is 5.02 Å². The Kier molecular flexibility index (Phi) is 3.71. The summed E-state index contributed by atoms with van der Waals surface area (Å²) in [6.45, 7) is 0. The van der Waals surface area contributed by atoms with E-state index in [1.807, 2.05) is 0 Å². The van der Waals surface area contributed by atoms with Gasteiger partial charge in [0.2, 0.25) is 0 Å². The summed E-state index contributed by atoms with van der Waals surface area (Å²) in [6.07, 6.45) is 4.62. The van der Waals surface area contributed by atoms with E-state index in [2.05, 4.69) is 15.6 Å². The van der Waals surface area contributed by atoms with Gasteiger partial charge in [-0.05, 0) is 31.4 Å². The minimum Gasteiger partial charge on any atom is -0.423 e. The molecule has 4 rings (SSSR count). The monoisotopic (exact) mass is 333 g/mol. The first-order valence-electron chi connectivity index (χ1n) is 7.64. The fourth-order valence-electron chi connectivity index (χ4n) is 3.26. The molecule has 2 aliphatic heterocycles. The van der Waals surface area contributed by atoms with Crippen molar-refractivity contribution >= 4 is 17.5 Å². The van der Waals surface area contributed by atoms with Crippen LogP contribution in [0.5, 0.6) is 11.7 Å². The highest BCUT2D eigenvalue weighted by molar-refractivity contribution is 6.32. The van der Waals surface area contributed by atoms with Gasteiger partial charge in [-0.2, -0.15) is 0 Å². The van der Waals surface area contributed by atoms with Gasteiger partial charge in [-0.15, -0.1) is 0 Å². The molecular formula is C16H16ClN3O3. The fourth-order valence-corrected chi connectivity index (χ4v) is 3.44. The molecule has 2 bridgehead atoms. The Morgan fingerprint density at radius 3 is 3.00 bits per heavy atom. The zero-order valence-corrected chi connectivity index (χ0v) is 13.0. The zero-order valence-electron chi connectivity index (χ0n) is 12.3. The number of ether oxygens (including phenoxy) is 1. The number of fused-ring (bicyclic) bond motifs is 2. The molecule has 0 aliphatic carbocycles. The molecule has 3 atom stereocenters. The van der Waals surface area contributed by atoms with Gasteiger partial charge in [-0.1, -0.05) is 23.7 Å². The largest absolute Gasteiger partial charge is 0.423 e. The Bertz CT molecular complexity index is 733. The van der Waals surface area contributed by atoms with Crippen molar-refractivity contribution in [3.05, 3.63) is 41.4 Å². The molecule has 2 fully saturated rings. The Morgan fingerprint density at radius 1 is 1.39 bits per heavy atom. The van der Waals surface area contributed by atoms with Crippen molar-refractivity contribution in [1.82, 2.24) is 15.6 Å². The molecule has 1 aromatic heterocycles. The van der Waals surface area contributed by atoms with Crippen molar-refractivity contribution in [3.8, 4) is 11.7 Å². The number of rotatable bonds is 4. The third-order valence-corrected chi connectivity index (χ3v) is 4.65. The molecular weight excluding hydrogens is 318 g/mol. The van der Waals surface area contributed by atoms with Crippen molar-refractivity contribution in [3.63, 3.8) is 0 Å². The van der Waals surface area contributed by atoms with Crippen molar-refractivity contribution in [2.45, 2.75) is 37.4 Å². The van der Waals surface area contributed by atoms with E-state index in [1.165, 1.54) is 12.6 Å². The highest BCUT2D eigenvalue weighted by Crippen LogP contribution is 2.30. The molecule has 2 saturated heterocycles. The first kappa shape index (κ1) is 14.5. The van der Waals surface area contributed by atoms with E-state index in [0.29, 0.717) is 22.9 Å². The second-order valence-corrected chi connectivity index (χ2v) is 6.29. The lowest BCUT2D eigenvalue weighted by Gasteiger charge is -2.20. The van der Waals surface area contributed by atoms with E-state index in [-0.39, 0.29) is 23.8 Å². The summed E-state index contributed by atoms with van der Waals surface area (Å²) in [5.41, 5.74) is 0. The maximum atomic E-state index is 12.2. The van der Waals surface area contributed by atoms with E-state index < -0.39 is 0 Å². The van der Waals surface area contributed by atoms with E-state index in [1.54, 1.807) is 24.3 Å². The lowest BCUT2D eigenvalue weighted by atomic mass is 9.95. The molecule has 6 nitrogen and oxygen atoms in total. The number of hydrogen-bond acceptors (Lipinski definition) is 5. The summed E-state index contributed by atoms with van der Waals surface area (Å²) in [5, 5.41) is 6.91. The molecule has 2 aliphatic rings. The van der Waals surface area contributed by atoms with Crippen molar-refractivity contribution < 1.29 is 13.9 Å². The molecule has 23 heavy (non-hydrogen) atoms. The lowest BCUT2D eigenvalue weighted by molar-refractivity contribution is 0.0891. The van der Waals surface area contributed by atoms with Crippen LogP contribution in [-0.2, 0) is 0 Å². The normalized spacial score (nSPS) is 25.5. The number of para-hydroxylation sites is 1. The van der Waals surface area contributed by atoms with Crippen molar-refractivity contribution in [1.29, 1.82) is 0 Å². The van der Waals surface area contributed by atoms with Crippen LogP contribution in [-0.4, -0.2) is 29.0 Å². The molecule has 2 aromatic rings. The van der Waals surface area contributed by atoms with Gasteiger partial charge in [0.15, 0.2) is 0 Å². The lowest BCUT2D eigenvalue weighted by Crippen LogP contribution is -2.43. The number of benzene rings is 1. The second kappa shape index (κ2) is 5.86. The maximum Gasteiger partial charge on any atom is 0.311 e. The van der Waals surface area contributed by atoms with Crippen LogP contribution >= 0.6 is 11.6 Å². The van der Waals surface area contributed by atoms with Gasteiger partial charge >= 0.3 is 11.9 Å². The van der Waals surface area contributed by atoms with Crippen LogP contribution in [0.15, 0.2) is 34.9 Å². The third-order valence-electron chi connectivity index (χ3n) is 4.34. The summed E-state index contributed by atoms with van der Waals surface area (Å²) in [6, 6.07) is 8.05. The van der Waals surface area contributed by atoms with E-state index in [0.717, 1.165) is 12.8 Å². The van der Waals surface area contributed by atoms with Crippen LogP contribution in [0.25, 0.3) is 0 Å². The van der Waals surface area contributed by atoms with E-state index in [9.17, 15) is 4.79 Å². The third kappa shape index (κ3) is 2.92. The highest BCUT2D eigenvalue weighted by atomic mass is 35.5. The molecule has 3 heterocycles. The summed E-state index contributed by atoms with van der Waals surface area (Å²) in [4.78, 5) is 16.2. The first-order valence-corrected chi connectivity index (χ1v) is 8.02. The minimum atomic E-state index is -0.321. The SMILES string of the molecule is O=C(N[C@@H]1C[C@H]2CC[C@@H]1N2)c1ncc(Oc2ccccc2Cl)o1. The van der Waals surface area contributed by atoms with E-state index in [4.69, 9.17) is 20.8 Å². The highest BCUT2D eigenvalue weighted by Gasteiger charge is 2.40. The zero-order chi connectivity index (χ0) is 15.8. The number of halogens is 1. The van der Waals surface area contributed by atoms with Crippen LogP contribution in [0, 0.1) is 0 Å². The average molecular weight is 334 g/mol. The van der Waals surface area contributed by atoms with Crippen LogP contribution in [0.1, 0.15) is 29.9 Å². The molecule has 120 valence electrons. The fraction of sp³-hybridized carbons (Fsp3) is 0.375. The predicted octanol–water partition coefficient (Wildman–Crippen LogP) is 2.74. The molecule has 1 amide bonds. The molecule has 1 aromatic carbocycles. The van der Waals surface area contributed by atoms with Crippen LogP contribution in [0.4, 0.5) is 0 Å². The number of nitrogens with zero attached hydrogens (tertiary/aromatic N) is 1. The predicted molar refractivity (Wildman–Crippen MR) is 83.8 cm³/mol.